The summed E-state index contributed by atoms with van der Waals surface area (Å²) in [5, 5.41) is 27.0. The third-order valence-electron chi connectivity index (χ3n) is 13.8. The van der Waals surface area contributed by atoms with Crippen molar-refractivity contribution >= 4 is 56.5 Å². The number of ether oxygens (including phenoxy) is 3. The number of hydrogen-bond acceptors (Lipinski definition) is 12. The minimum Gasteiger partial charge on any atom is -0.505 e. The van der Waals surface area contributed by atoms with Crippen molar-refractivity contribution < 1.29 is 46.9 Å². The first-order valence-electron chi connectivity index (χ1n) is 25.9. The lowest BCUT2D eigenvalue weighted by atomic mass is 9.76. The Kier molecular flexibility index (Phi) is 18.1. The molecule has 0 spiro atoms. The molecule has 77 heavy (non-hydrogen) atoms. The van der Waals surface area contributed by atoms with Crippen LogP contribution in [0.2, 0.25) is 0 Å². The van der Waals surface area contributed by atoms with E-state index in [1.165, 1.54) is 48.3 Å². The highest BCUT2D eigenvalue weighted by molar-refractivity contribution is 7.92. The molecule has 1 aliphatic rings. The van der Waals surface area contributed by atoms with Crippen molar-refractivity contribution in [1.82, 2.24) is 30.0 Å². The number of H-pyrrole nitrogens is 1. The minimum atomic E-state index is -3.66. The molecule has 20 heteroatoms. The Morgan fingerprint density at radius 3 is 2.21 bits per heavy atom. The summed E-state index contributed by atoms with van der Waals surface area (Å²) >= 11 is 0. The van der Waals surface area contributed by atoms with Crippen LogP contribution in [-0.2, 0) is 37.5 Å². The monoisotopic (exact) mass is 1080 g/mol. The van der Waals surface area contributed by atoms with Crippen LogP contribution in [0, 0.1) is 0 Å². The number of phenolic OH excluding ortho intramolecular Hbond substituents is 1. The molecule has 0 aliphatic carbocycles. The zero-order valence-corrected chi connectivity index (χ0v) is 47.6. The number of nitrogens with one attached hydrogen (secondary N) is 5. The van der Waals surface area contributed by atoms with E-state index in [-0.39, 0.29) is 74.7 Å². The highest BCUT2D eigenvalue weighted by Gasteiger charge is 2.39. The predicted octanol–water partition coefficient (Wildman–Crippen LogP) is 10.8. The maximum absolute atomic E-state index is 13.1. The van der Waals surface area contributed by atoms with Gasteiger partial charge in [-0.2, -0.15) is 0 Å². The number of benzene rings is 4. The molecule has 0 radical (unpaired) electrons. The Bertz CT molecular complexity index is 3250. The second kappa shape index (κ2) is 23.7. The van der Waals surface area contributed by atoms with E-state index in [4.69, 9.17) is 14.2 Å². The van der Waals surface area contributed by atoms with E-state index < -0.39 is 27.4 Å². The van der Waals surface area contributed by atoms with Gasteiger partial charge in [0.15, 0.2) is 17.3 Å². The molecule has 4 amide bonds. The molecule has 0 saturated carbocycles. The molecule has 2 aromatic heterocycles. The molecule has 414 valence electrons. The molecule has 3 heterocycles. The van der Waals surface area contributed by atoms with Crippen molar-refractivity contribution in [2.45, 2.75) is 130 Å². The summed E-state index contributed by atoms with van der Waals surface area (Å²) in [4.78, 5) is 56.2. The number of anilines is 3. The van der Waals surface area contributed by atoms with Gasteiger partial charge in [-0.3, -0.25) is 24.2 Å². The number of amides is 4. The number of fused-ring (bicyclic) bond motifs is 2. The first-order chi connectivity index (χ1) is 36.1. The molecule has 7 rings (SSSR count). The number of sulfonamides is 1. The maximum atomic E-state index is 13.1. The van der Waals surface area contributed by atoms with E-state index in [1.807, 2.05) is 0 Å². The van der Waals surface area contributed by atoms with Crippen molar-refractivity contribution in [3.8, 4) is 28.7 Å². The fourth-order valence-corrected chi connectivity index (χ4v) is 9.01. The van der Waals surface area contributed by atoms with E-state index in [1.54, 1.807) is 54.9 Å². The summed E-state index contributed by atoms with van der Waals surface area (Å²) < 4.78 is 45.2. The van der Waals surface area contributed by atoms with Gasteiger partial charge < -0.3 is 40.2 Å². The summed E-state index contributed by atoms with van der Waals surface area (Å²) in [6.45, 7) is 24.3. The largest absolute Gasteiger partial charge is 0.505 e. The number of aryl methyl sites for hydroxylation is 1. The zero-order chi connectivity index (χ0) is 56.8. The van der Waals surface area contributed by atoms with Gasteiger partial charge >= 0.3 is 6.09 Å². The van der Waals surface area contributed by atoms with Gasteiger partial charge in [-0.15, -0.1) is 9.73 Å². The number of carbonyl (C=O) groups is 4. The van der Waals surface area contributed by atoms with Gasteiger partial charge in [0.2, 0.25) is 21.6 Å². The van der Waals surface area contributed by atoms with Crippen molar-refractivity contribution in [1.29, 1.82) is 0 Å². The molecule has 1 aliphatic heterocycles. The van der Waals surface area contributed by atoms with Crippen LogP contribution in [0.1, 0.15) is 157 Å². The Hall–Kier alpha value is -7.61. The van der Waals surface area contributed by atoms with E-state index in [0.29, 0.717) is 42.3 Å². The quantitative estimate of drug-likeness (QED) is 0.0328. The van der Waals surface area contributed by atoms with Crippen LogP contribution in [0.15, 0.2) is 72.8 Å². The lowest BCUT2D eigenvalue weighted by Crippen LogP contribution is -2.34. The van der Waals surface area contributed by atoms with Gasteiger partial charge in [-0.05, 0) is 84.5 Å². The highest BCUT2D eigenvalue weighted by atomic mass is 32.2. The van der Waals surface area contributed by atoms with Crippen LogP contribution < -0.4 is 34.9 Å². The molecular weight excluding hydrogens is 1000 g/mol. The number of carbonyl (C=O) groups excluding carboxylic acids is 4. The fraction of sp³-hybridized carbons (Fsp3) is 0.439. The smallest absolute Gasteiger partial charge is 0.414 e. The van der Waals surface area contributed by atoms with Gasteiger partial charge in [0.25, 0.3) is 11.8 Å². The van der Waals surface area contributed by atoms with E-state index in [0.717, 1.165) is 42.8 Å². The number of para-hydroxylation sites is 1. The molecule has 19 nitrogen and oxygen atoms in total. The summed E-state index contributed by atoms with van der Waals surface area (Å²) in [6, 6.07) is 21.0. The number of rotatable bonds is 19. The van der Waals surface area contributed by atoms with Crippen LogP contribution >= 0.6 is 0 Å². The summed E-state index contributed by atoms with van der Waals surface area (Å²) in [6.07, 6.45) is 3.83. The lowest BCUT2D eigenvalue weighted by molar-refractivity contribution is -0.117. The standard InChI is InChI=1S/C35H49N5O3.C22H26N4O7S/c1-10-28-30(32-37-31(23(4)5)39-40(32)38-28)43-26-17-14-24(15-18-26)33(41)36-20-13-21-42-29-19-16-25(34(6,7)11-2)22-27(29)35(8,9)12-3;1-22(2)11-16(27)24-18-15(33-21(30)26(3)4)10-14(19(28)17(18)22)23-20(29)12-8-6-7-9-13(12)25-34(5,31)32/h14-19,22-23,38H,10-13,20-21H2,1-9H3,(H,36,41);6-10,25,28H,11H2,1-5H3,(H,23,29)(H,24,27). The van der Waals surface area contributed by atoms with Crippen LogP contribution in [0.5, 0.6) is 28.7 Å². The van der Waals surface area contributed by atoms with E-state index in [9.17, 15) is 32.7 Å². The Labute approximate surface area is 451 Å². The first-order valence-corrected chi connectivity index (χ1v) is 27.8. The van der Waals surface area contributed by atoms with Crippen LogP contribution in [-0.4, -0.2) is 95.6 Å². The van der Waals surface area contributed by atoms with Gasteiger partial charge in [-0.25, -0.2) is 18.2 Å². The predicted molar refractivity (Wildman–Crippen MR) is 300 cm³/mol. The van der Waals surface area contributed by atoms with Crippen molar-refractivity contribution in [2.75, 3.05) is 48.9 Å². The zero-order valence-electron chi connectivity index (χ0n) is 46.8. The fourth-order valence-electron chi connectivity index (χ4n) is 8.43. The van der Waals surface area contributed by atoms with Crippen molar-refractivity contribution in [3.63, 3.8) is 0 Å². The Morgan fingerprint density at radius 2 is 1.58 bits per heavy atom. The molecule has 0 saturated heterocycles. The van der Waals surface area contributed by atoms with Crippen molar-refractivity contribution in [2.24, 2.45) is 0 Å². The highest BCUT2D eigenvalue weighted by Crippen LogP contribution is 2.51. The average Bonchev–Trinajstić information content (AvgIpc) is 3.99. The number of nitrogens with zero attached hydrogens (tertiary/aromatic N) is 4. The molecular formula is C57H75N9O10S. The topological polar surface area (TPSA) is 248 Å². The van der Waals surface area contributed by atoms with E-state index >= 15 is 0 Å². The maximum Gasteiger partial charge on any atom is 0.414 e. The summed E-state index contributed by atoms with van der Waals surface area (Å²) in [5.41, 5.74) is 4.41. The average molecular weight is 1080 g/mol. The molecule has 0 atom stereocenters. The minimum absolute atomic E-state index is 0.00412. The van der Waals surface area contributed by atoms with Crippen LogP contribution in [0.3, 0.4) is 0 Å². The van der Waals surface area contributed by atoms with E-state index in [2.05, 4.69) is 116 Å². The second-order valence-electron chi connectivity index (χ2n) is 21.7. The molecule has 0 fully saturated rings. The SMILES string of the molecule is CCc1[nH]n2nc(C(C)C)nc2c1Oc1ccc(C(=O)NCCCOc2ccc(C(C)(C)CC)cc2C(C)(C)CC)cc1.CN(C)C(=O)Oc1cc(NC(=O)c2ccccc2NS(C)(=O)=O)c(O)c2c1NC(=O)CC2(C)C. The normalized spacial score (nSPS) is 13.2. The van der Waals surface area contributed by atoms with Gasteiger partial charge in [0.1, 0.15) is 17.2 Å². The Morgan fingerprint density at radius 1 is 0.909 bits per heavy atom. The van der Waals surface area contributed by atoms with Crippen molar-refractivity contribution in [3.05, 3.63) is 112 Å². The third kappa shape index (κ3) is 14.1. The Balaban J connectivity index is 0.000000257. The number of aromatic hydroxyl groups is 1. The third-order valence-corrected chi connectivity index (χ3v) is 14.3. The summed E-state index contributed by atoms with van der Waals surface area (Å²) in [5.74, 6) is 1.66. The summed E-state index contributed by atoms with van der Waals surface area (Å²) in [7, 11) is -0.700. The molecule has 0 bridgehead atoms. The second-order valence-corrected chi connectivity index (χ2v) is 23.4. The number of aromatic nitrogens is 4. The molecule has 4 aromatic carbocycles. The van der Waals surface area contributed by atoms with Crippen LogP contribution in [0.25, 0.3) is 5.65 Å². The van der Waals surface area contributed by atoms with Gasteiger partial charge in [0.05, 0.1) is 41.2 Å². The number of aromatic amines is 1. The molecule has 6 aromatic rings. The van der Waals surface area contributed by atoms with Crippen LogP contribution in [0.4, 0.5) is 21.9 Å². The molecule has 6 N–H and O–H groups in total. The number of phenols is 1. The van der Waals surface area contributed by atoms with Gasteiger partial charge in [0, 0.05) is 61.2 Å². The first kappa shape index (κ1) is 58.6. The molecule has 0 unspecified atom stereocenters. The number of hydrogen-bond donors (Lipinski definition) is 6. The lowest BCUT2D eigenvalue weighted by Gasteiger charge is -2.34. The van der Waals surface area contributed by atoms with Gasteiger partial charge in [-0.1, -0.05) is 100 Å².